The fraction of sp³-hybridized carbons (Fsp3) is 0. The molecule has 2 N–H and O–H groups in total. The van der Waals surface area contributed by atoms with E-state index in [-0.39, 0.29) is 0 Å². The summed E-state index contributed by atoms with van der Waals surface area (Å²) in [5.41, 5.74) is 1.58. The van der Waals surface area contributed by atoms with Gasteiger partial charge in [0.25, 0.3) is 0 Å². The maximum Gasteiger partial charge on any atom is 0.146 e. The number of rotatable bonds is 3. The molecule has 0 bridgehead atoms. The predicted octanol–water partition coefficient (Wildman–Crippen LogP) is 3.35. The minimum absolute atomic E-state index is 0.596. The van der Waals surface area contributed by atoms with Crippen LogP contribution in [0.4, 0.5) is 11.4 Å². The summed E-state index contributed by atoms with van der Waals surface area (Å²) in [7, 11) is 0. The number of nitrogens with zero attached hydrogens (tertiary/aromatic N) is 2. The van der Waals surface area contributed by atoms with Gasteiger partial charge in [0, 0.05) is 0 Å². The van der Waals surface area contributed by atoms with Gasteiger partial charge in [-0.25, -0.2) is 0 Å². The fourth-order valence-electron chi connectivity index (χ4n) is 1.20. The zero-order valence-corrected chi connectivity index (χ0v) is 8.58. The summed E-state index contributed by atoms with van der Waals surface area (Å²) in [4.78, 5) is 4.56. The molecule has 0 unspecified atom stereocenters. The van der Waals surface area contributed by atoms with Crippen molar-refractivity contribution in [2.24, 2.45) is 16.1 Å². The van der Waals surface area contributed by atoms with E-state index in [1.165, 1.54) is 0 Å². The first-order chi connectivity index (χ1) is 7.88. The molecule has 0 aliphatic rings. The van der Waals surface area contributed by atoms with Crippen LogP contribution in [0.15, 0.2) is 64.8 Å². The van der Waals surface area contributed by atoms with E-state index in [1.807, 2.05) is 30.3 Å². The molecule has 2 aromatic carbocycles. The van der Waals surface area contributed by atoms with Gasteiger partial charge in [-0.1, -0.05) is 18.2 Å². The third-order valence-corrected chi connectivity index (χ3v) is 2.01. The Balaban J connectivity index is 2.12. The van der Waals surface area contributed by atoms with E-state index in [9.17, 15) is 0 Å². The van der Waals surface area contributed by atoms with Gasteiger partial charge in [0.15, 0.2) is 0 Å². The van der Waals surface area contributed by atoms with Crippen LogP contribution in [0, 0.1) is 0 Å². The molecule has 2 aromatic rings. The van der Waals surface area contributed by atoms with Crippen molar-refractivity contribution in [1.29, 1.82) is 0 Å². The summed E-state index contributed by atoms with van der Waals surface area (Å²) < 4.78 is 0. The van der Waals surface area contributed by atoms with Gasteiger partial charge in [-0.3, -0.25) is 0 Å². The van der Waals surface area contributed by atoms with E-state index in [4.69, 9.17) is 5.90 Å². The number of nitrogens with two attached hydrogens (primary N) is 1. The second-order valence-corrected chi connectivity index (χ2v) is 3.15. The SMILES string of the molecule is NOc1ccc(N=Nc2ccccc2)cc1. The molecule has 0 radical (unpaired) electrons. The molecule has 0 aliphatic carbocycles. The molecule has 0 aliphatic heterocycles. The van der Waals surface area contributed by atoms with E-state index in [1.54, 1.807) is 24.3 Å². The minimum Gasteiger partial charge on any atom is -0.412 e. The van der Waals surface area contributed by atoms with Gasteiger partial charge in [0.2, 0.25) is 0 Å². The number of hydrogen-bond acceptors (Lipinski definition) is 4. The molecule has 0 atom stereocenters. The molecule has 4 nitrogen and oxygen atoms in total. The van der Waals surface area contributed by atoms with Crippen molar-refractivity contribution >= 4 is 11.4 Å². The Morgan fingerprint density at radius 3 is 1.88 bits per heavy atom. The molecule has 80 valence electrons. The lowest BCUT2D eigenvalue weighted by Gasteiger charge is -1.97. The van der Waals surface area contributed by atoms with Crippen molar-refractivity contribution in [3.05, 3.63) is 54.6 Å². The first-order valence-electron chi connectivity index (χ1n) is 4.82. The van der Waals surface area contributed by atoms with Crippen LogP contribution in [-0.2, 0) is 0 Å². The Morgan fingerprint density at radius 2 is 1.31 bits per heavy atom. The summed E-state index contributed by atoms with van der Waals surface area (Å²) in [5.74, 6) is 5.61. The van der Waals surface area contributed by atoms with Crippen molar-refractivity contribution in [1.82, 2.24) is 0 Å². The highest BCUT2D eigenvalue weighted by atomic mass is 16.6. The van der Waals surface area contributed by atoms with Crippen LogP contribution >= 0.6 is 0 Å². The molecule has 0 amide bonds. The molecule has 16 heavy (non-hydrogen) atoms. The average Bonchev–Trinajstić information content (AvgIpc) is 2.38. The Bertz CT molecular complexity index is 465. The van der Waals surface area contributed by atoms with E-state index < -0.39 is 0 Å². The molecule has 0 aromatic heterocycles. The van der Waals surface area contributed by atoms with E-state index >= 15 is 0 Å². The molecule has 0 heterocycles. The molecule has 0 spiro atoms. The first kappa shape index (κ1) is 10.3. The highest BCUT2D eigenvalue weighted by Crippen LogP contribution is 2.20. The second-order valence-electron chi connectivity index (χ2n) is 3.15. The van der Waals surface area contributed by atoms with Crippen LogP contribution in [0.1, 0.15) is 0 Å². The Morgan fingerprint density at radius 1 is 0.750 bits per heavy atom. The average molecular weight is 213 g/mol. The van der Waals surface area contributed by atoms with Crippen molar-refractivity contribution in [3.8, 4) is 5.75 Å². The highest BCUT2D eigenvalue weighted by molar-refractivity contribution is 5.42. The zero-order valence-electron chi connectivity index (χ0n) is 8.58. The number of benzene rings is 2. The van der Waals surface area contributed by atoms with Crippen molar-refractivity contribution in [2.45, 2.75) is 0 Å². The Hall–Kier alpha value is -2.20. The van der Waals surface area contributed by atoms with E-state index in [0.717, 1.165) is 11.4 Å². The van der Waals surface area contributed by atoms with Crippen LogP contribution in [0.5, 0.6) is 5.75 Å². The van der Waals surface area contributed by atoms with Gasteiger partial charge < -0.3 is 4.84 Å². The van der Waals surface area contributed by atoms with Crippen LogP contribution in [-0.4, -0.2) is 0 Å². The lowest BCUT2D eigenvalue weighted by atomic mass is 10.3. The molecule has 2 rings (SSSR count). The Kier molecular flexibility index (Phi) is 3.25. The van der Waals surface area contributed by atoms with Gasteiger partial charge >= 0.3 is 0 Å². The largest absolute Gasteiger partial charge is 0.412 e. The summed E-state index contributed by atoms with van der Waals surface area (Å²) in [6.07, 6.45) is 0. The fourth-order valence-corrected chi connectivity index (χ4v) is 1.20. The number of hydrogen-bond donors (Lipinski definition) is 1. The van der Waals surface area contributed by atoms with Crippen molar-refractivity contribution < 1.29 is 4.84 Å². The topological polar surface area (TPSA) is 60.0 Å². The van der Waals surface area contributed by atoms with E-state index in [2.05, 4.69) is 15.1 Å². The summed E-state index contributed by atoms with van der Waals surface area (Å²) in [6.45, 7) is 0. The Labute approximate surface area is 93.3 Å². The molecule has 0 fully saturated rings. The molecular formula is C12H11N3O. The maximum absolute atomic E-state index is 5.01. The van der Waals surface area contributed by atoms with Crippen LogP contribution in [0.3, 0.4) is 0 Å². The molecule has 0 saturated carbocycles. The monoisotopic (exact) mass is 213 g/mol. The lowest BCUT2D eigenvalue weighted by molar-refractivity contribution is 0.334. The summed E-state index contributed by atoms with van der Waals surface area (Å²) >= 11 is 0. The molecule has 4 heteroatoms. The standard InChI is InChI=1S/C12H11N3O/c13-16-12-8-6-11(7-9-12)15-14-10-4-2-1-3-5-10/h1-9H,13H2. The van der Waals surface area contributed by atoms with E-state index in [0.29, 0.717) is 5.75 Å². The molecular weight excluding hydrogens is 202 g/mol. The number of azo groups is 1. The second kappa shape index (κ2) is 5.04. The van der Waals surface area contributed by atoms with Crippen molar-refractivity contribution in [2.75, 3.05) is 0 Å². The predicted molar refractivity (Wildman–Crippen MR) is 61.9 cm³/mol. The first-order valence-corrected chi connectivity index (χ1v) is 4.82. The normalized spacial score (nSPS) is 10.6. The van der Waals surface area contributed by atoms with Crippen LogP contribution in [0.25, 0.3) is 0 Å². The third-order valence-electron chi connectivity index (χ3n) is 2.01. The smallest absolute Gasteiger partial charge is 0.146 e. The van der Waals surface area contributed by atoms with Gasteiger partial charge in [-0.2, -0.15) is 16.1 Å². The summed E-state index contributed by atoms with van der Waals surface area (Å²) in [6, 6.07) is 16.6. The van der Waals surface area contributed by atoms with Crippen molar-refractivity contribution in [3.63, 3.8) is 0 Å². The zero-order chi connectivity index (χ0) is 11.2. The highest BCUT2D eigenvalue weighted by Gasteiger charge is 1.92. The third kappa shape index (κ3) is 2.65. The van der Waals surface area contributed by atoms with Gasteiger partial charge in [0.1, 0.15) is 5.75 Å². The summed E-state index contributed by atoms with van der Waals surface area (Å²) in [5, 5.41) is 8.17. The van der Waals surface area contributed by atoms with Crippen LogP contribution in [0.2, 0.25) is 0 Å². The quantitative estimate of drug-likeness (QED) is 0.627. The van der Waals surface area contributed by atoms with Gasteiger partial charge in [0.05, 0.1) is 11.4 Å². The lowest BCUT2D eigenvalue weighted by Crippen LogP contribution is -2.00. The van der Waals surface area contributed by atoms with Gasteiger partial charge in [-0.15, -0.1) is 0 Å². The minimum atomic E-state index is 0.596. The molecule has 0 saturated heterocycles. The maximum atomic E-state index is 5.01. The van der Waals surface area contributed by atoms with Crippen LogP contribution < -0.4 is 10.7 Å². The van der Waals surface area contributed by atoms with Gasteiger partial charge in [-0.05, 0) is 36.4 Å².